The van der Waals surface area contributed by atoms with E-state index in [1.165, 1.54) is 59.4 Å². The average Bonchev–Trinajstić information content (AvgIpc) is 3.66. The maximum atomic E-state index is 5.60. The summed E-state index contributed by atoms with van der Waals surface area (Å²) in [7, 11) is -2.87. The zero-order valence-electron chi connectivity index (χ0n) is 32.9. The Morgan fingerprint density at radius 1 is 0.367 bits per heavy atom. The molecule has 0 bridgehead atoms. The molecule has 0 atom stereocenters. The molecule has 11 rings (SSSR count). The van der Waals surface area contributed by atoms with Crippen LogP contribution in [0.25, 0.3) is 71.8 Å². The van der Waals surface area contributed by atoms with Crippen LogP contribution in [-0.2, 0) is 0 Å². The Bertz CT molecular complexity index is 3200. The number of fused-ring (bicyclic) bond motifs is 4. The van der Waals surface area contributed by atoms with E-state index in [0.29, 0.717) is 0 Å². The molecule has 2 aromatic heterocycles. The highest BCUT2D eigenvalue weighted by Gasteiger charge is 2.43. The molecule has 0 aliphatic heterocycles. The van der Waals surface area contributed by atoms with Gasteiger partial charge in [0.1, 0.15) is 0 Å². The molecular weight excluding hydrogens is 743 g/mol. The lowest BCUT2D eigenvalue weighted by molar-refractivity contribution is 1.17. The third kappa shape index (κ3) is 5.96. The van der Waals surface area contributed by atoms with Crippen LogP contribution in [0.4, 0.5) is 0 Å². The predicted octanol–water partition coefficient (Wildman–Crippen LogP) is 11.1. The monoisotopic (exact) mass is 781 g/mol. The normalized spacial score (nSPS) is 11.7. The number of hydrogen-bond acceptors (Lipinski definition) is 2. The lowest BCUT2D eigenvalue weighted by Gasteiger charge is -2.33. The third-order valence-corrected chi connectivity index (χ3v) is 16.6. The minimum Gasteiger partial charge on any atom is -0.309 e. The molecule has 0 saturated carbocycles. The first-order valence-corrected chi connectivity index (χ1v) is 22.5. The van der Waals surface area contributed by atoms with Gasteiger partial charge in [0, 0.05) is 28.2 Å². The van der Waals surface area contributed by atoms with Crippen molar-refractivity contribution in [1.29, 1.82) is 0 Å². The largest absolute Gasteiger partial charge is 0.309 e. The number of aromatic nitrogens is 3. The van der Waals surface area contributed by atoms with Gasteiger partial charge in [-0.2, -0.15) is 0 Å². The molecule has 0 N–H and O–H groups in total. The SMILES string of the molecule is c1ccc(-c2ccc3c(c2)c2cc(-c4cccc5ccccc45)ccc2n3-c2cccc(-c3cncc([Si](c4ccccc4)(c4ccccc4)c4ccccc4)n3)c2)cc1. The Balaban J connectivity index is 1.10. The van der Waals surface area contributed by atoms with Gasteiger partial charge in [-0.05, 0) is 85.0 Å². The molecule has 0 unspecified atom stereocenters. The first kappa shape index (κ1) is 35.5. The Labute approximate surface area is 350 Å². The second-order valence-corrected chi connectivity index (χ2v) is 19.1. The number of nitrogens with zero attached hydrogens (tertiary/aromatic N) is 3. The van der Waals surface area contributed by atoms with Crippen LogP contribution < -0.4 is 20.9 Å². The van der Waals surface area contributed by atoms with E-state index in [-0.39, 0.29) is 0 Å². The molecule has 4 heteroatoms. The Kier molecular flexibility index (Phi) is 8.83. The highest BCUT2D eigenvalue weighted by Crippen LogP contribution is 2.39. The lowest BCUT2D eigenvalue weighted by atomic mass is 9.96. The van der Waals surface area contributed by atoms with Gasteiger partial charge in [0.25, 0.3) is 0 Å². The van der Waals surface area contributed by atoms with E-state index in [9.17, 15) is 0 Å². The Hall–Kier alpha value is -7.66. The van der Waals surface area contributed by atoms with Crippen LogP contribution >= 0.6 is 0 Å². The molecule has 0 spiro atoms. The summed E-state index contributed by atoms with van der Waals surface area (Å²) in [5.41, 5.74) is 10.1. The van der Waals surface area contributed by atoms with Crippen LogP contribution in [0, 0.1) is 0 Å². The van der Waals surface area contributed by atoms with E-state index in [1.807, 2.05) is 12.4 Å². The topological polar surface area (TPSA) is 30.7 Å². The molecule has 3 nitrogen and oxygen atoms in total. The molecule has 2 heterocycles. The zero-order valence-corrected chi connectivity index (χ0v) is 33.9. The van der Waals surface area contributed by atoms with E-state index in [4.69, 9.17) is 9.97 Å². The lowest BCUT2D eigenvalue weighted by Crippen LogP contribution is -2.75. The van der Waals surface area contributed by atoms with Crippen LogP contribution in [0.2, 0.25) is 0 Å². The van der Waals surface area contributed by atoms with E-state index in [0.717, 1.165) is 33.3 Å². The fourth-order valence-electron chi connectivity index (χ4n) is 9.25. The van der Waals surface area contributed by atoms with Gasteiger partial charge < -0.3 is 4.57 Å². The standard InChI is InChI=1S/C56H39N3Si/c1-5-17-40(18-6-1)42-31-33-54-51(36-42)52-37-43(50-30-16-20-41-19-13-14-29-49(41)50)32-34-55(52)59(54)45-22-15-21-44(35-45)53-38-57-39-56(58-53)60(46-23-7-2-8-24-46,47-25-9-3-10-26-47)48-27-11-4-12-28-48/h1-39H. The van der Waals surface area contributed by atoms with Crippen molar-refractivity contribution in [3.05, 3.63) is 237 Å². The third-order valence-electron chi connectivity index (χ3n) is 12.0. The molecule has 282 valence electrons. The molecular formula is C56H39N3Si. The molecule has 0 fully saturated rings. The molecule has 0 radical (unpaired) electrons. The van der Waals surface area contributed by atoms with E-state index < -0.39 is 8.07 Å². The molecule has 60 heavy (non-hydrogen) atoms. The van der Waals surface area contributed by atoms with Crippen LogP contribution in [0.15, 0.2) is 237 Å². The summed E-state index contributed by atoms with van der Waals surface area (Å²) in [6.07, 6.45) is 3.91. The smallest absolute Gasteiger partial charge is 0.203 e. The molecule has 0 saturated heterocycles. The van der Waals surface area contributed by atoms with Crippen molar-refractivity contribution >= 4 is 61.5 Å². The van der Waals surface area contributed by atoms with Crippen molar-refractivity contribution in [3.8, 4) is 39.2 Å². The van der Waals surface area contributed by atoms with Crippen LogP contribution in [0.1, 0.15) is 0 Å². The maximum absolute atomic E-state index is 5.60. The van der Waals surface area contributed by atoms with Crippen LogP contribution in [-0.4, -0.2) is 22.6 Å². The van der Waals surface area contributed by atoms with Crippen LogP contribution in [0.5, 0.6) is 0 Å². The molecule has 11 aromatic rings. The second kappa shape index (κ2) is 14.9. The minimum absolute atomic E-state index is 0.847. The highest BCUT2D eigenvalue weighted by molar-refractivity contribution is 7.19. The molecule has 0 aliphatic rings. The summed E-state index contributed by atoms with van der Waals surface area (Å²) >= 11 is 0. The molecule has 0 aliphatic carbocycles. The molecule has 0 amide bonds. The number of hydrogen-bond donors (Lipinski definition) is 0. The van der Waals surface area contributed by atoms with Crippen molar-refractivity contribution in [2.45, 2.75) is 0 Å². The maximum Gasteiger partial charge on any atom is 0.203 e. The molecule has 9 aromatic carbocycles. The fourth-order valence-corrected chi connectivity index (χ4v) is 13.8. The van der Waals surface area contributed by atoms with Crippen molar-refractivity contribution in [1.82, 2.24) is 14.5 Å². The summed E-state index contributed by atoms with van der Waals surface area (Å²) in [5, 5.41) is 9.73. The highest BCUT2D eigenvalue weighted by atomic mass is 28.3. The first-order chi connectivity index (χ1) is 29.8. The average molecular weight is 782 g/mol. The van der Waals surface area contributed by atoms with Crippen molar-refractivity contribution < 1.29 is 0 Å². The van der Waals surface area contributed by atoms with Gasteiger partial charge in [0.2, 0.25) is 8.07 Å². The van der Waals surface area contributed by atoms with E-state index in [1.54, 1.807) is 0 Å². The Morgan fingerprint density at radius 3 is 1.57 bits per heavy atom. The first-order valence-electron chi connectivity index (χ1n) is 20.5. The van der Waals surface area contributed by atoms with Gasteiger partial charge in [0.15, 0.2) is 0 Å². The van der Waals surface area contributed by atoms with Crippen molar-refractivity contribution in [3.63, 3.8) is 0 Å². The predicted molar refractivity (Wildman–Crippen MR) is 254 cm³/mol. The quantitative estimate of drug-likeness (QED) is 0.114. The van der Waals surface area contributed by atoms with E-state index >= 15 is 0 Å². The van der Waals surface area contributed by atoms with Gasteiger partial charge in [-0.15, -0.1) is 0 Å². The van der Waals surface area contributed by atoms with E-state index in [2.05, 4.69) is 229 Å². The summed E-state index contributed by atoms with van der Waals surface area (Å²) in [4.78, 5) is 10.6. The van der Waals surface area contributed by atoms with Crippen molar-refractivity contribution in [2.24, 2.45) is 0 Å². The second-order valence-electron chi connectivity index (χ2n) is 15.4. The van der Waals surface area contributed by atoms with Gasteiger partial charge in [-0.3, -0.25) is 9.97 Å². The van der Waals surface area contributed by atoms with Gasteiger partial charge in [0.05, 0.1) is 28.2 Å². The number of rotatable bonds is 8. The number of benzene rings is 9. The minimum atomic E-state index is -2.87. The summed E-state index contributed by atoms with van der Waals surface area (Å²) in [6.45, 7) is 0. The summed E-state index contributed by atoms with van der Waals surface area (Å²) in [6, 6.07) is 81.2. The fraction of sp³-hybridized carbons (Fsp3) is 0. The van der Waals surface area contributed by atoms with Crippen molar-refractivity contribution in [2.75, 3.05) is 0 Å². The summed E-state index contributed by atoms with van der Waals surface area (Å²) in [5.74, 6) is 0. The van der Waals surface area contributed by atoms with Crippen LogP contribution in [0.3, 0.4) is 0 Å². The van der Waals surface area contributed by atoms with Gasteiger partial charge >= 0.3 is 0 Å². The van der Waals surface area contributed by atoms with Gasteiger partial charge in [-0.25, -0.2) is 0 Å². The zero-order chi connectivity index (χ0) is 39.9. The van der Waals surface area contributed by atoms with Gasteiger partial charge in [-0.1, -0.05) is 188 Å². The Morgan fingerprint density at radius 2 is 0.900 bits per heavy atom. The summed E-state index contributed by atoms with van der Waals surface area (Å²) < 4.78 is 2.41.